The number of benzene rings is 2. The van der Waals surface area contributed by atoms with Crippen molar-refractivity contribution in [3.63, 3.8) is 0 Å². The number of aromatic nitrogens is 2. The number of ether oxygens (including phenoxy) is 1. The molecule has 0 saturated heterocycles. The zero-order valence-electron chi connectivity index (χ0n) is 18.9. The second-order valence-corrected chi connectivity index (χ2v) is 10.8. The van der Waals surface area contributed by atoms with E-state index in [1.807, 2.05) is 13.0 Å². The van der Waals surface area contributed by atoms with E-state index in [1.165, 1.54) is 11.3 Å². The number of nitrogens with zero attached hydrogens (tertiary/aromatic N) is 2. The fraction of sp³-hybridized carbons (Fsp3) is 0.167. The van der Waals surface area contributed by atoms with Gasteiger partial charge < -0.3 is 10.1 Å². The van der Waals surface area contributed by atoms with E-state index in [0.717, 1.165) is 16.4 Å². The summed E-state index contributed by atoms with van der Waals surface area (Å²) in [5.41, 5.74) is 3.24. The van der Waals surface area contributed by atoms with Gasteiger partial charge in [-0.25, -0.2) is 4.98 Å². The third kappa shape index (κ3) is 6.28. The van der Waals surface area contributed by atoms with Gasteiger partial charge in [0.15, 0.2) is 11.8 Å². The van der Waals surface area contributed by atoms with Crippen LogP contribution in [0.5, 0.6) is 5.75 Å². The molecule has 2 aromatic carbocycles. The monoisotopic (exact) mass is 606 g/mol. The molecule has 12 heteroatoms. The molecule has 1 atom stereocenters. The van der Waals surface area contributed by atoms with Gasteiger partial charge in [0, 0.05) is 10.7 Å². The first-order valence-corrected chi connectivity index (χ1v) is 13.7. The lowest BCUT2D eigenvalue weighted by atomic mass is 10.3. The molecule has 0 aliphatic rings. The lowest BCUT2D eigenvalue weighted by Gasteiger charge is -2.18. The Kier molecular flexibility index (Phi) is 8.68. The Balaban J connectivity index is 1.55. The van der Waals surface area contributed by atoms with Gasteiger partial charge in [0.2, 0.25) is 5.91 Å². The van der Waals surface area contributed by atoms with Crippen LogP contribution in [0.1, 0.15) is 13.3 Å². The molecule has 0 spiro atoms. The molecule has 4 rings (SSSR count). The molecule has 2 aromatic heterocycles. The van der Waals surface area contributed by atoms with Gasteiger partial charge in [0.05, 0.1) is 15.2 Å². The lowest BCUT2D eigenvalue weighted by molar-refractivity contribution is -0.119. The Hall–Kier alpha value is -2.86. The summed E-state index contributed by atoms with van der Waals surface area (Å²) in [4.78, 5) is 43.4. The van der Waals surface area contributed by atoms with Crippen molar-refractivity contribution in [3.8, 4) is 5.75 Å². The van der Waals surface area contributed by atoms with Gasteiger partial charge in [-0.1, -0.05) is 42.4 Å². The summed E-state index contributed by atoms with van der Waals surface area (Å²) >= 11 is 11.6. The third-order valence-corrected chi connectivity index (χ3v) is 8.02. The van der Waals surface area contributed by atoms with E-state index in [-0.39, 0.29) is 17.7 Å². The summed E-state index contributed by atoms with van der Waals surface area (Å²) in [5.74, 6) is -0.322. The van der Waals surface area contributed by atoms with E-state index in [4.69, 9.17) is 16.3 Å². The first-order valence-electron chi connectivity index (χ1n) is 10.8. The van der Waals surface area contributed by atoms with Gasteiger partial charge in [-0.2, -0.15) is 4.68 Å². The molecule has 36 heavy (non-hydrogen) atoms. The van der Waals surface area contributed by atoms with Gasteiger partial charge in [-0.05, 0) is 70.2 Å². The number of halogens is 2. The second kappa shape index (κ2) is 11.9. The van der Waals surface area contributed by atoms with Crippen LogP contribution in [0.4, 0.5) is 5.69 Å². The van der Waals surface area contributed by atoms with Gasteiger partial charge in [-0.15, -0.1) is 11.3 Å². The molecule has 186 valence electrons. The first kappa shape index (κ1) is 26.2. The van der Waals surface area contributed by atoms with Crippen molar-refractivity contribution in [1.29, 1.82) is 0 Å². The average Bonchev–Trinajstić information content (AvgIpc) is 3.34. The summed E-state index contributed by atoms with van der Waals surface area (Å²) in [5, 5.41) is 4.77. The van der Waals surface area contributed by atoms with Crippen LogP contribution in [0.15, 0.2) is 74.4 Å². The molecule has 2 N–H and O–H groups in total. The third-order valence-electron chi connectivity index (χ3n) is 4.90. The number of anilines is 1. The first-order chi connectivity index (χ1) is 17.4. The number of nitrogens with one attached hydrogen (secondary N) is 2. The molecule has 0 bridgehead atoms. The number of rotatable bonds is 9. The minimum Gasteiger partial charge on any atom is -0.483 e. The molecule has 0 unspecified atom stereocenters. The van der Waals surface area contributed by atoms with E-state index < -0.39 is 16.7 Å². The Morgan fingerprint density at radius 2 is 1.94 bits per heavy atom. The van der Waals surface area contributed by atoms with Crippen molar-refractivity contribution >= 4 is 78.3 Å². The summed E-state index contributed by atoms with van der Waals surface area (Å²) in [6, 6.07) is 15.6. The Labute approximate surface area is 228 Å². The van der Waals surface area contributed by atoms with E-state index in [2.05, 4.69) is 31.7 Å². The number of amides is 2. The molecule has 2 heterocycles. The molecule has 0 fully saturated rings. The predicted octanol–water partition coefficient (Wildman–Crippen LogP) is 5.53. The molecule has 8 nitrogen and oxygen atoms in total. The van der Waals surface area contributed by atoms with Gasteiger partial charge >= 0.3 is 0 Å². The topological polar surface area (TPSA) is 102 Å². The number of thioether (sulfide) groups is 1. The van der Waals surface area contributed by atoms with Crippen molar-refractivity contribution < 1.29 is 14.3 Å². The van der Waals surface area contributed by atoms with Crippen LogP contribution in [-0.2, 0) is 9.59 Å². The molecule has 0 aliphatic heterocycles. The number of hydrogen-bond acceptors (Lipinski definition) is 7. The zero-order chi connectivity index (χ0) is 25.7. The van der Waals surface area contributed by atoms with Crippen LogP contribution in [0.3, 0.4) is 0 Å². The summed E-state index contributed by atoms with van der Waals surface area (Å²) < 4.78 is 7.74. The largest absolute Gasteiger partial charge is 0.483 e. The molecule has 4 aromatic rings. The average molecular weight is 608 g/mol. The van der Waals surface area contributed by atoms with Crippen molar-refractivity contribution in [2.45, 2.75) is 23.8 Å². The number of carbonyl (C=O) groups excluding carboxylic acids is 2. The minimum atomic E-state index is -0.580. The lowest BCUT2D eigenvalue weighted by Crippen LogP contribution is -2.37. The fourth-order valence-corrected chi connectivity index (χ4v) is 5.39. The minimum absolute atomic E-state index is 0.193. The van der Waals surface area contributed by atoms with Crippen molar-refractivity contribution in [3.05, 3.63) is 79.8 Å². The van der Waals surface area contributed by atoms with Crippen LogP contribution in [0.2, 0.25) is 5.02 Å². The number of hydrogen-bond donors (Lipinski definition) is 2. The maximum atomic E-state index is 13.2. The normalized spacial score (nSPS) is 11.8. The highest BCUT2D eigenvalue weighted by Gasteiger charge is 2.23. The zero-order valence-corrected chi connectivity index (χ0v) is 22.8. The SMILES string of the molecule is CC[C@@H](Sc1nc2ccsc2c(=O)n1NC(=O)COc1ccccc1Br)C(=O)Nc1ccc(Cl)cc1. The molecule has 2 amide bonds. The molecular formula is C24H20BrClN4O4S2. The van der Waals surface area contributed by atoms with Crippen LogP contribution in [0, 0.1) is 0 Å². The van der Waals surface area contributed by atoms with Gasteiger partial charge in [0.25, 0.3) is 11.5 Å². The fourth-order valence-electron chi connectivity index (χ4n) is 3.14. The molecule has 0 aliphatic carbocycles. The van der Waals surface area contributed by atoms with E-state index >= 15 is 0 Å². The quantitative estimate of drug-likeness (QED) is 0.192. The second-order valence-electron chi connectivity index (χ2n) is 7.43. The van der Waals surface area contributed by atoms with E-state index in [9.17, 15) is 14.4 Å². The highest BCUT2D eigenvalue weighted by Crippen LogP contribution is 2.27. The van der Waals surface area contributed by atoms with Crippen LogP contribution in [-0.4, -0.2) is 33.3 Å². The number of carbonyl (C=O) groups is 2. The van der Waals surface area contributed by atoms with Crippen molar-refractivity contribution in [2.24, 2.45) is 0 Å². The number of para-hydroxylation sites is 1. The highest BCUT2D eigenvalue weighted by atomic mass is 79.9. The van der Waals surface area contributed by atoms with Gasteiger partial charge in [-0.3, -0.25) is 19.8 Å². The maximum Gasteiger partial charge on any atom is 0.291 e. The van der Waals surface area contributed by atoms with E-state index in [0.29, 0.717) is 37.6 Å². The molecule has 0 radical (unpaired) electrons. The van der Waals surface area contributed by atoms with E-state index in [1.54, 1.807) is 53.9 Å². The summed E-state index contributed by atoms with van der Waals surface area (Å²) in [7, 11) is 0. The standard InChI is InChI=1S/C24H20BrClN4O4S2/c1-2-19(22(32)27-15-9-7-14(26)8-10-15)36-24-28-17-11-12-35-21(17)23(33)30(24)29-20(31)13-34-18-6-4-3-5-16(18)25/h3-12,19H,2,13H2,1H3,(H,27,32)(H,29,31)/t19-/m1/s1. The van der Waals surface area contributed by atoms with Crippen LogP contribution >= 0.6 is 50.6 Å². The molecular weight excluding hydrogens is 588 g/mol. The number of fused-ring (bicyclic) bond motifs is 1. The smallest absolute Gasteiger partial charge is 0.291 e. The van der Waals surface area contributed by atoms with Gasteiger partial charge in [0.1, 0.15) is 10.4 Å². The van der Waals surface area contributed by atoms with Crippen LogP contribution < -0.4 is 21.0 Å². The predicted molar refractivity (Wildman–Crippen MR) is 148 cm³/mol. The van der Waals surface area contributed by atoms with Crippen molar-refractivity contribution in [1.82, 2.24) is 9.66 Å². The van der Waals surface area contributed by atoms with Crippen molar-refractivity contribution in [2.75, 3.05) is 17.3 Å². The summed E-state index contributed by atoms with van der Waals surface area (Å²) in [6.45, 7) is 1.53. The van der Waals surface area contributed by atoms with Crippen LogP contribution in [0.25, 0.3) is 10.2 Å². The maximum absolute atomic E-state index is 13.2. The highest BCUT2D eigenvalue weighted by molar-refractivity contribution is 9.10. The number of thiophene rings is 1. The Morgan fingerprint density at radius 1 is 1.19 bits per heavy atom. The molecule has 0 saturated carbocycles. The Morgan fingerprint density at radius 3 is 2.67 bits per heavy atom. The Bertz CT molecular complexity index is 1460. The summed E-state index contributed by atoms with van der Waals surface area (Å²) in [6.07, 6.45) is 0.459.